The molecular formula is C20H16BrNO6. The van der Waals surface area contributed by atoms with Crippen molar-refractivity contribution in [3.63, 3.8) is 0 Å². The predicted octanol–water partition coefficient (Wildman–Crippen LogP) is 3.74. The van der Waals surface area contributed by atoms with Gasteiger partial charge in [-0.25, -0.2) is 9.79 Å². The number of aliphatic imine (C=N–C) groups is 1. The summed E-state index contributed by atoms with van der Waals surface area (Å²) in [5.74, 6) is 0.363. The quantitative estimate of drug-likeness (QED) is 0.396. The second-order valence-electron chi connectivity index (χ2n) is 5.70. The highest BCUT2D eigenvalue weighted by molar-refractivity contribution is 9.10. The van der Waals surface area contributed by atoms with Crippen molar-refractivity contribution in [3.05, 3.63) is 57.7 Å². The lowest BCUT2D eigenvalue weighted by Gasteiger charge is -2.11. The molecule has 0 radical (unpaired) electrons. The van der Waals surface area contributed by atoms with Gasteiger partial charge in [0, 0.05) is 12.5 Å². The van der Waals surface area contributed by atoms with Crippen LogP contribution in [0, 0.1) is 0 Å². The lowest BCUT2D eigenvalue weighted by Crippen LogP contribution is -2.05. The van der Waals surface area contributed by atoms with E-state index in [1.807, 2.05) is 0 Å². The first-order valence-corrected chi connectivity index (χ1v) is 8.93. The second kappa shape index (κ2) is 8.26. The van der Waals surface area contributed by atoms with Crippen molar-refractivity contribution in [1.29, 1.82) is 0 Å². The van der Waals surface area contributed by atoms with Gasteiger partial charge in [-0.2, -0.15) is 0 Å². The first-order valence-electron chi connectivity index (χ1n) is 8.14. The highest BCUT2D eigenvalue weighted by atomic mass is 79.9. The van der Waals surface area contributed by atoms with Crippen LogP contribution >= 0.6 is 15.9 Å². The van der Waals surface area contributed by atoms with Crippen LogP contribution in [0.2, 0.25) is 0 Å². The highest BCUT2D eigenvalue weighted by Gasteiger charge is 2.25. The average Bonchev–Trinajstić information content (AvgIpc) is 3.04. The van der Waals surface area contributed by atoms with Crippen molar-refractivity contribution in [1.82, 2.24) is 0 Å². The van der Waals surface area contributed by atoms with Crippen molar-refractivity contribution >= 4 is 39.8 Å². The Hall–Kier alpha value is -3.13. The normalized spacial score (nSPS) is 14.5. The van der Waals surface area contributed by atoms with Gasteiger partial charge in [-0.15, -0.1) is 0 Å². The van der Waals surface area contributed by atoms with Crippen molar-refractivity contribution < 1.29 is 28.5 Å². The summed E-state index contributed by atoms with van der Waals surface area (Å²) in [6.07, 6.45) is 1.56. The molecule has 2 aromatic carbocycles. The van der Waals surface area contributed by atoms with Crippen LogP contribution in [-0.2, 0) is 14.3 Å². The van der Waals surface area contributed by atoms with Gasteiger partial charge in [0.1, 0.15) is 5.75 Å². The van der Waals surface area contributed by atoms with Crippen LogP contribution in [0.15, 0.2) is 51.6 Å². The fraction of sp³-hybridized carbons (Fsp3) is 0.150. The number of hydrogen-bond acceptors (Lipinski definition) is 7. The zero-order chi connectivity index (χ0) is 20.3. The highest BCUT2D eigenvalue weighted by Crippen LogP contribution is 2.37. The van der Waals surface area contributed by atoms with Crippen LogP contribution < -0.4 is 14.2 Å². The maximum Gasteiger partial charge on any atom is 0.363 e. The van der Waals surface area contributed by atoms with Crippen LogP contribution in [0.1, 0.15) is 18.1 Å². The predicted molar refractivity (Wildman–Crippen MR) is 106 cm³/mol. The third kappa shape index (κ3) is 4.23. The van der Waals surface area contributed by atoms with Crippen LogP contribution in [-0.4, -0.2) is 32.1 Å². The minimum absolute atomic E-state index is 0.131. The number of nitrogens with zero attached hydrogens (tertiary/aromatic N) is 1. The number of methoxy groups -OCH3 is 2. The number of cyclic esters (lactones) is 1. The van der Waals surface area contributed by atoms with E-state index in [4.69, 9.17) is 18.9 Å². The molecule has 144 valence electrons. The standard InChI is InChI=1S/C20H16BrNO6/c1-11(23)27-18-15(21)7-12(9-17(18)26-3)8-16-20(24)28-19(22-16)13-5-4-6-14(10-13)25-2/h4-10H,1-3H3/b16-8+. The largest absolute Gasteiger partial charge is 0.497 e. The van der Waals surface area contributed by atoms with Gasteiger partial charge in [-0.3, -0.25) is 4.79 Å². The molecule has 0 amide bonds. The fourth-order valence-electron chi connectivity index (χ4n) is 2.51. The Bertz CT molecular complexity index is 1010. The van der Waals surface area contributed by atoms with Gasteiger partial charge < -0.3 is 18.9 Å². The Morgan fingerprint density at radius 1 is 1.18 bits per heavy atom. The zero-order valence-corrected chi connectivity index (χ0v) is 16.9. The maximum atomic E-state index is 12.2. The van der Waals surface area contributed by atoms with E-state index in [-0.39, 0.29) is 17.3 Å². The van der Waals surface area contributed by atoms with Crippen molar-refractivity contribution in [2.24, 2.45) is 4.99 Å². The van der Waals surface area contributed by atoms with E-state index < -0.39 is 11.9 Å². The number of halogens is 1. The van der Waals surface area contributed by atoms with Crippen molar-refractivity contribution in [2.75, 3.05) is 14.2 Å². The Morgan fingerprint density at radius 3 is 2.64 bits per heavy atom. The number of rotatable bonds is 5. The molecule has 3 rings (SSSR count). The van der Waals surface area contributed by atoms with Gasteiger partial charge >= 0.3 is 11.9 Å². The molecule has 0 fully saturated rings. The SMILES string of the molecule is COc1cccc(C2=N/C(=C/c3cc(Br)c(OC(C)=O)c(OC)c3)C(=O)O2)c1. The molecular weight excluding hydrogens is 430 g/mol. The first-order chi connectivity index (χ1) is 13.4. The number of hydrogen-bond donors (Lipinski definition) is 0. The van der Waals surface area contributed by atoms with Crippen LogP contribution in [0.25, 0.3) is 6.08 Å². The summed E-state index contributed by atoms with van der Waals surface area (Å²) in [6.45, 7) is 1.30. The molecule has 0 saturated heterocycles. The molecule has 0 N–H and O–H groups in total. The molecule has 0 aliphatic carbocycles. The number of esters is 2. The molecule has 0 unspecified atom stereocenters. The fourth-order valence-corrected chi connectivity index (χ4v) is 3.05. The molecule has 0 spiro atoms. The number of carbonyl (C=O) groups is 2. The summed E-state index contributed by atoms with van der Waals surface area (Å²) in [6, 6.07) is 10.4. The third-order valence-electron chi connectivity index (χ3n) is 3.74. The molecule has 0 atom stereocenters. The average molecular weight is 446 g/mol. The number of benzene rings is 2. The van der Waals surface area contributed by atoms with Gasteiger partial charge in [0.05, 0.1) is 18.7 Å². The summed E-state index contributed by atoms with van der Waals surface area (Å²) in [4.78, 5) is 27.8. The van der Waals surface area contributed by atoms with E-state index in [2.05, 4.69) is 20.9 Å². The molecule has 7 nitrogen and oxygen atoms in total. The van der Waals surface area contributed by atoms with E-state index in [0.717, 1.165) is 0 Å². The lowest BCUT2D eigenvalue weighted by molar-refractivity contribution is -0.132. The minimum Gasteiger partial charge on any atom is -0.497 e. The molecule has 1 heterocycles. The molecule has 1 aliphatic rings. The summed E-state index contributed by atoms with van der Waals surface area (Å²) in [7, 11) is 3.01. The van der Waals surface area contributed by atoms with Gasteiger partial charge in [0.15, 0.2) is 17.2 Å². The molecule has 8 heteroatoms. The molecule has 2 aromatic rings. The van der Waals surface area contributed by atoms with E-state index in [0.29, 0.717) is 27.1 Å². The van der Waals surface area contributed by atoms with Crippen molar-refractivity contribution in [3.8, 4) is 17.2 Å². The topological polar surface area (TPSA) is 83.4 Å². The van der Waals surface area contributed by atoms with E-state index in [1.165, 1.54) is 14.0 Å². The lowest BCUT2D eigenvalue weighted by atomic mass is 10.1. The van der Waals surface area contributed by atoms with E-state index >= 15 is 0 Å². The molecule has 0 bridgehead atoms. The van der Waals surface area contributed by atoms with Gasteiger partial charge in [0.25, 0.3) is 0 Å². The summed E-state index contributed by atoms with van der Waals surface area (Å²) >= 11 is 3.34. The third-order valence-corrected chi connectivity index (χ3v) is 4.33. The Labute approximate surface area is 169 Å². The summed E-state index contributed by atoms with van der Waals surface area (Å²) in [5.41, 5.74) is 1.37. The maximum absolute atomic E-state index is 12.2. The van der Waals surface area contributed by atoms with E-state index in [1.54, 1.807) is 49.6 Å². The summed E-state index contributed by atoms with van der Waals surface area (Å²) < 4.78 is 21.4. The van der Waals surface area contributed by atoms with Gasteiger partial charge in [-0.1, -0.05) is 6.07 Å². The van der Waals surface area contributed by atoms with Crippen molar-refractivity contribution in [2.45, 2.75) is 6.92 Å². The molecule has 0 aromatic heterocycles. The Morgan fingerprint density at radius 2 is 1.96 bits per heavy atom. The van der Waals surface area contributed by atoms with Crippen LogP contribution in [0.3, 0.4) is 0 Å². The first kappa shape index (κ1) is 19.6. The van der Waals surface area contributed by atoms with Crippen LogP contribution in [0.5, 0.6) is 17.2 Å². The number of ether oxygens (including phenoxy) is 4. The second-order valence-corrected chi connectivity index (χ2v) is 6.55. The summed E-state index contributed by atoms with van der Waals surface area (Å²) in [5, 5.41) is 0. The Kier molecular flexibility index (Phi) is 5.79. The molecule has 1 aliphatic heterocycles. The zero-order valence-electron chi connectivity index (χ0n) is 15.3. The molecule has 0 saturated carbocycles. The van der Waals surface area contributed by atoms with Gasteiger partial charge in [-0.05, 0) is 57.9 Å². The monoisotopic (exact) mass is 445 g/mol. The molecule has 28 heavy (non-hydrogen) atoms. The van der Waals surface area contributed by atoms with E-state index in [9.17, 15) is 9.59 Å². The smallest absolute Gasteiger partial charge is 0.363 e. The minimum atomic E-state index is -0.572. The number of carbonyl (C=O) groups excluding carboxylic acids is 2. The van der Waals surface area contributed by atoms with Gasteiger partial charge in [0.2, 0.25) is 5.90 Å². The van der Waals surface area contributed by atoms with Crippen LogP contribution in [0.4, 0.5) is 0 Å². The Balaban J connectivity index is 1.96.